The van der Waals surface area contributed by atoms with E-state index in [4.69, 9.17) is 0 Å². The van der Waals surface area contributed by atoms with Gasteiger partial charge in [0.1, 0.15) is 18.3 Å². The molecule has 1 unspecified atom stereocenters. The van der Waals surface area contributed by atoms with Crippen LogP contribution in [0.3, 0.4) is 0 Å². The molecule has 1 saturated carbocycles. The van der Waals surface area contributed by atoms with Crippen molar-refractivity contribution in [2.45, 2.75) is 45.6 Å². The molecule has 1 atom stereocenters. The minimum atomic E-state index is -0.291. The maximum atomic E-state index is 14.2. The van der Waals surface area contributed by atoms with Gasteiger partial charge >= 0.3 is 0 Å². The van der Waals surface area contributed by atoms with Gasteiger partial charge < -0.3 is 5.32 Å². The molecule has 0 bridgehead atoms. The van der Waals surface area contributed by atoms with Gasteiger partial charge in [-0.2, -0.15) is 5.10 Å². The van der Waals surface area contributed by atoms with Crippen molar-refractivity contribution in [3.8, 4) is 5.69 Å². The molecule has 1 aromatic carbocycles. The lowest BCUT2D eigenvalue weighted by Crippen LogP contribution is -2.31. The van der Waals surface area contributed by atoms with Crippen LogP contribution < -0.4 is 5.32 Å². The Labute approximate surface area is 124 Å². The van der Waals surface area contributed by atoms with Crippen molar-refractivity contribution in [2.24, 2.45) is 5.41 Å². The summed E-state index contributed by atoms with van der Waals surface area (Å²) in [7, 11) is 0. The average Bonchev–Trinajstić information content (AvgIpc) is 2.91. The van der Waals surface area contributed by atoms with Gasteiger partial charge in [-0.15, -0.1) is 0 Å². The average molecular weight is 288 g/mol. The summed E-state index contributed by atoms with van der Waals surface area (Å²) in [6, 6.07) is 5.60. The fourth-order valence-electron chi connectivity index (χ4n) is 3.17. The Morgan fingerprint density at radius 2 is 2.24 bits per heavy atom. The third-order valence-corrected chi connectivity index (χ3v) is 4.19. The van der Waals surface area contributed by atoms with E-state index in [2.05, 4.69) is 29.2 Å². The number of hydrogen-bond acceptors (Lipinski definition) is 3. The molecule has 0 radical (unpaired) electrons. The Kier molecular flexibility index (Phi) is 3.66. The SMILES string of the molecule is CC1(C)CCCC(Nc2ccc(-n3cncn3)c(F)c2)C1. The van der Waals surface area contributed by atoms with Crippen molar-refractivity contribution in [1.82, 2.24) is 14.8 Å². The highest BCUT2D eigenvalue weighted by atomic mass is 19.1. The highest BCUT2D eigenvalue weighted by Gasteiger charge is 2.27. The lowest BCUT2D eigenvalue weighted by Gasteiger charge is -2.36. The second-order valence-corrected chi connectivity index (χ2v) is 6.61. The quantitative estimate of drug-likeness (QED) is 0.934. The first-order chi connectivity index (χ1) is 10.0. The molecule has 21 heavy (non-hydrogen) atoms. The zero-order chi connectivity index (χ0) is 14.9. The number of aromatic nitrogens is 3. The summed E-state index contributed by atoms with van der Waals surface area (Å²) in [6.45, 7) is 4.60. The second kappa shape index (κ2) is 5.47. The van der Waals surface area contributed by atoms with Gasteiger partial charge in [0.2, 0.25) is 0 Å². The number of nitrogens with zero attached hydrogens (tertiary/aromatic N) is 3. The largest absolute Gasteiger partial charge is 0.382 e. The minimum absolute atomic E-state index is 0.291. The van der Waals surface area contributed by atoms with Gasteiger partial charge in [0.15, 0.2) is 5.82 Å². The van der Waals surface area contributed by atoms with Gasteiger partial charge in [-0.25, -0.2) is 14.1 Å². The van der Waals surface area contributed by atoms with Crippen LogP contribution in [0.4, 0.5) is 10.1 Å². The number of rotatable bonds is 3. The fraction of sp³-hybridized carbons (Fsp3) is 0.500. The van der Waals surface area contributed by atoms with Crippen molar-refractivity contribution >= 4 is 5.69 Å². The number of halogens is 1. The molecule has 0 saturated heterocycles. The third kappa shape index (κ3) is 3.23. The summed E-state index contributed by atoms with van der Waals surface area (Å²) >= 11 is 0. The second-order valence-electron chi connectivity index (χ2n) is 6.61. The molecule has 1 N–H and O–H groups in total. The van der Waals surface area contributed by atoms with E-state index in [1.165, 1.54) is 30.2 Å². The monoisotopic (exact) mass is 288 g/mol. The van der Waals surface area contributed by atoms with Gasteiger partial charge in [-0.3, -0.25) is 0 Å². The fourth-order valence-corrected chi connectivity index (χ4v) is 3.17. The van der Waals surface area contributed by atoms with E-state index in [1.54, 1.807) is 12.1 Å². The van der Waals surface area contributed by atoms with Crippen LogP contribution in [0.5, 0.6) is 0 Å². The molecule has 0 amide bonds. The number of nitrogens with one attached hydrogen (secondary N) is 1. The lowest BCUT2D eigenvalue weighted by atomic mass is 9.75. The molecule has 112 valence electrons. The molecule has 0 spiro atoms. The normalized spacial score (nSPS) is 21.2. The molecule has 3 rings (SSSR count). The Balaban J connectivity index is 1.74. The van der Waals surface area contributed by atoms with E-state index in [9.17, 15) is 4.39 Å². The molecule has 1 aliphatic rings. The summed E-state index contributed by atoms with van der Waals surface area (Å²) in [4.78, 5) is 3.84. The van der Waals surface area contributed by atoms with Crippen molar-refractivity contribution in [1.29, 1.82) is 0 Å². The predicted molar refractivity (Wildman–Crippen MR) is 81.0 cm³/mol. The molecule has 2 aromatic rings. The Morgan fingerprint density at radius 1 is 1.38 bits per heavy atom. The topological polar surface area (TPSA) is 42.7 Å². The van der Waals surface area contributed by atoms with E-state index >= 15 is 0 Å². The number of benzene rings is 1. The lowest BCUT2D eigenvalue weighted by molar-refractivity contribution is 0.229. The molecule has 4 nitrogen and oxygen atoms in total. The summed E-state index contributed by atoms with van der Waals surface area (Å²) < 4.78 is 15.6. The molecule has 1 aromatic heterocycles. The Bertz CT molecular complexity index is 607. The Morgan fingerprint density at radius 3 is 2.90 bits per heavy atom. The summed E-state index contributed by atoms with van der Waals surface area (Å²) in [6.07, 6.45) is 7.66. The first kappa shape index (κ1) is 14.0. The molecular weight excluding hydrogens is 267 g/mol. The molecule has 1 fully saturated rings. The van der Waals surface area contributed by atoms with Crippen LogP contribution in [0.25, 0.3) is 5.69 Å². The van der Waals surface area contributed by atoms with Gasteiger partial charge in [0, 0.05) is 11.7 Å². The number of anilines is 1. The van der Waals surface area contributed by atoms with E-state index in [-0.39, 0.29) is 5.82 Å². The molecule has 1 aliphatic carbocycles. The van der Waals surface area contributed by atoms with Crippen LogP contribution in [0.1, 0.15) is 39.5 Å². The van der Waals surface area contributed by atoms with E-state index < -0.39 is 0 Å². The van der Waals surface area contributed by atoms with E-state index in [1.807, 2.05) is 6.07 Å². The van der Waals surface area contributed by atoms with Crippen LogP contribution in [-0.2, 0) is 0 Å². The minimum Gasteiger partial charge on any atom is -0.382 e. The summed E-state index contributed by atoms with van der Waals surface area (Å²) in [5.74, 6) is -0.291. The number of hydrogen-bond donors (Lipinski definition) is 1. The van der Waals surface area contributed by atoms with Gasteiger partial charge in [0.05, 0.1) is 0 Å². The zero-order valence-electron chi connectivity index (χ0n) is 12.5. The van der Waals surface area contributed by atoms with Crippen molar-refractivity contribution in [2.75, 3.05) is 5.32 Å². The van der Waals surface area contributed by atoms with Crippen LogP contribution in [0.2, 0.25) is 0 Å². The standard InChI is InChI=1S/C16H21FN4/c1-16(2)7-3-4-13(9-16)20-12-5-6-15(14(17)8-12)21-11-18-10-19-21/h5-6,8,10-11,13,20H,3-4,7,9H2,1-2H3. The van der Waals surface area contributed by atoms with Gasteiger partial charge in [-0.05, 0) is 42.9 Å². The summed E-state index contributed by atoms with van der Waals surface area (Å²) in [5.41, 5.74) is 1.62. The van der Waals surface area contributed by atoms with Crippen molar-refractivity contribution in [3.05, 3.63) is 36.7 Å². The summed E-state index contributed by atoms with van der Waals surface area (Å²) in [5, 5.41) is 7.42. The maximum Gasteiger partial charge on any atom is 0.150 e. The molecule has 0 aliphatic heterocycles. The predicted octanol–water partition coefficient (Wildman–Crippen LogP) is 3.79. The van der Waals surface area contributed by atoms with Crippen LogP contribution >= 0.6 is 0 Å². The molecule has 1 heterocycles. The van der Waals surface area contributed by atoms with Crippen LogP contribution in [0.15, 0.2) is 30.9 Å². The first-order valence-corrected chi connectivity index (χ1v) is 7.45. The maximum absolute atomic E-state index is 14.2. The van der Waals surface area contributed by atoms with Gasteiger partial charge in [0.25, 0.3) is 0 Å². The van der Waals surface area contributed by atoms with Gasteiger partial charge in [-0.1, -0.05) is 20.3 Å². The van der Waals surface area contributed by atoms with E-state index in [0.29, 0.717) is 17.1 Å². The zero-order valence-corrected chi connectivity index (χ0v) is 12.5. The third-order valence-electron chi connectivity index (χ3n) is 4.19. The molecular formula is C16H21FN4. The van der Waals surface area contributed by atoms with Crippen LogP contribution in [-0.4, -0.2) is 20.8 Å². The highest BCUT2D eigenvalue weighted by Crippen LogP contribution is 2.36. The Hall–Kier alpha value is -1.91. The molecule has 5 heteroatoms. The van der Waals surface area contributed by atoms with Crippen molar-refractivity contribution in [3.63, 3.8) is 0 Å². The smallest absolute Gasteiger partial charge is 0.150 e. The highest BCUT2D eigenvalue weighted by molar-refractivity contribution is 5.50. The van der Waals surface area contributed by atoms with E-state index in [0.717, 1.165) is 18.5 Å². The van der Waals surface area contributed by atoms with Crippen LogP contribution in [0, 0.1) is 11.2 Å². The van der Waals surface area contributed by atoms with Crippen molar-refractivity contribution < 1.29 is 4.39 Å². The first-order valence-electron chi connectivity index (χ1n) is 7.45.